The van der Waals surface area contributed by atoms with Gasteiger partial charge in [0.25, 0.3) is 11.8 Å². The van der Waals surface area contributed by atoms with E-state index >= 15 is 0 Å². The number of likely N-dealkylation sites (N-methyl/N-ethyl adjacent to an activating group) is 1. The van der Waals surface area contributed by atoms with Crippen molar-refractivity contribution in [2.45, 2.75) is 71.1 Å². The molecule has 0 radical (unpaired) electrons. The van der Waals surface area contributed by atoms with Gasteiger partial charge in [0.1, 0.15) is 0 Å². The third-order valence-corrected chi connectivity index (χ3v) is 7.93. The van der Waals surface area contributed by atoms with Crippen LogP contribution in [0.15, 0.2) is 24.3 Å². The van der Waals surface area contributed by atoms with Gasteiger partial charge in [0.2, 0.25) is 0 Å². The molecule has 0 saturated carbocycles. The van der Waals surface area contributed by atoms with Crippen molar-refractivity contribution in [3.8, 4) is 0 Å². The van der Waals surface area contributed by atoms with E-state index in [2.05, 4.69) is 23.8 Å². The van der Waals surface area contributed by atoms with Crippen LogP contribution >= 0.6 is 11.6 Å². The maximum atomic E-state index is 13.4. The van der Waals surface area contributed by atoms with E-state index in [4.69, 9.17) is 11.6 Å². The Morgan fingerprint density at radius 2 is 1.26 bits per heavy atom. The van der Waals surface area contributed by atoms with Crippen LogP contribution in [-0.4, -0.2) is 61.4 Å². The number of piperazine rings is 1. The lowest BCUT2D eigenvalue weighted by atomic mass is 9.92. The molecule has 1 fully saturated rings. The second-order valence-corrected chi connectivity index (χ2v) is 10.6. The topological polar surface area (TPSA) is 43.9 Å². The first-order chi connectivity index (χ1) is 17.0. The Hall–Kier alpha value is -2.11. The third-order valence-electron chi connectivity index (χ3n) is 7.62. The van der Waals surface area contributed by atoms with Gasteiger partial charge in [-0.25, -0.2) is 0 Å². The number of carbonyl (C=O) groups is 2. The number of unbranched alkanes of at least 4 members (excludes halogenated alkanes) is 9. The molecule has 2 aromatic carbocycles. The monoisotopic (exact) mass is 497 g/mol. The fourth-order valence-electron chi connectivity index (χ4n) is 5.45. The highest BCUT2D eigenvalue weighted by atomic mass is 35.5. The zero-order valence-corrected chi connectivity index (χ0v) is 22.2. The molecule has 2 aromatic rings. The summed E-state index contributed by atoms with van der Waals surface area (Å²) < 4.78 is 0. The zero-order valence-electron chi connectivity index (χ0n) is 21.5. The molecule has 0 N–H and O–H groups in total. The largest absolute Gasteiger partial charge is 0.368 e. The molecular weight excluding hydrogens is 458 g/mol. The van der Waals surface area contributed by atoms with Crippen molar-refractivity contribution >= 4 is 39.9 Å². The maximum Gasteiger partial charge on any atom is 0.261 e. The van der Waals surface area contributed by atoms with E-state index in [1.165, 1.54) is 56.3 Å². The molecule has 0 atom stereocenters. The van der Waals surface area contributed by atoms with Crippen LogP contribution in [0.25, 0.3) is 10.8 Å². The summed E-state index contributed by atoms with van der Waals surface area (Å²) in [5.74, 6) is -0.369. The second-order valence-electron chi connectivity index (χ2n) is 10.2. The first kappa shape index (κ1) is 26.0. The van der Waals surface area contributed by atoms with Gasteiger partial charge in [0, 0.05) is 60.3 Å². The van der Waals surface area contributed by atoms with Crippen LogP contribution in [0.4, 0.5) is 5.69 Å². The first-order valence-electron chi connectivity index (χ1n) is 13.6. The molecule has 0 spiro atoms. The highest BCUT2D eigenvalue weighted by Crippen LogP contribution is 2.40. The molecule has 6 heteroatoms. The van der Waals surface area contributed by atoms with Crippen LogP contribution in [-0.2, 0) is 0 Å². The molecule has 0 unspecified atom stereocenters. The number of hydrogen-bond donors (Lipinski definition) is 0. The fourth-order valence-corrected chi connectivity index (χ4v) is 5.70. The van der Waals surface area contributed by atoms with E-state index in [0.717, 1.165) is 55.5 Å². The number of carbonyl (C=O) groups excluding carboxylic acids is 2. The SMILES string of the molecule is CCCCCCCCCCCCN1C(=O)c2ccc(Cl)c3c(N4CCN(C)CC4)ccc(c23)C1=O. The van der Waals surface area contributed by atoms with Gasteiger partial charge in [-0.3, -0.25) is 14.5 Å². The highest BCUT2D eigenvalue weighted by molar-refractivity contribution is 6.39. The quantitative estimate of drug-likeness (QED) is 0.240. The van der Waals surface area contributed by atoms with Gasteiger partial charge in [0.05, 0.1) is 5.02 Å². The Morgan fingerprint density at radius 3 is 1.86 bits per heavy atom. The molecule has 0 aromatic heterocycles. The number of benzene rings is 2. The van der Waals surface area contributed by atoms with Crippen molar-refractivity contribution in [3.63, 3.8) is 0 Å². The van der Waals surface area contributed by atoms with Crippen molar-refractivity contribution in [2.75, 3.05) is 44.7 Å². The summed E-state index contributed by atoms with van der Waals surface area (Å²) in [6.45, 7) is 6.49. The number of rotatable bonds is 12. The molecule has 1 saturated heterocycles. The van der Waals surface area contributed by atoms with Crippen LogP contribution in [0, 0.1) is 0 Å². The standard InChI is InChI=1S/C29H40ClN3O2/c1-3-4-5-6-7-8-9-10-11-12-17-33-28(34)22-13-15-24(30)27-25(32-20-18-31(2)19-21-32)16-14-23(26(22)27)29(33)35/h13-16H,3-12,17-21H2,1-2H3. The molecular formula is C29H40ClN3O2. The summed E-state index contributed by atoms with van der Waals surface area (Å²) >= 11 is 6.67. The van der Waals surface area contributed by atoms with Crippen LogP contribution < -0.4 is 4.90 Å². The number of anilines is 1. The van der Waals surface area contributed by atoms with Crippen molar-refractivity contribution in [3.05, 3.63) is 40.4 Å². The van der Waals surface area contributed by atoms with Gasteiger partial charge in [-0.2, -0.15) is 0 Å². The molecule has 0 bridgehead atoms. The van der Waals surface area contributed by atoms with Gasteiger partial charge >= 0.3 is 0 Å². The Labute approximate surface area is 215 Å². The normalized spacial score (nSPS) is 16.5. The number of hydrogen-bond acceptors (Lipinski definition) is 4. The van der Waals surface area contributed by atoms with Crippen LogP contribution in [0.2, 0.25) is 5.02 Å². The first-order valence-corrected chi connectivity index (χ1v) is 14.0. The van der Waals surface area contributed by atoms with Crippen LogP contribution in [0.5, 0.6) is 0 Å². The lowest BCUT2D eigenvalue weighted by Crippen LogP contribution is -2.45. The highest BCUT2D eigenvalue weighted by Gasteiger charge is 2.34. The van der Waals surface area contributed by atoms with Gasteiger partial charge in [-0.1, -0.05) is 76.3 Å². The van der Waals surface area contributed by atoms with Gasteiger partial charge in [0.15, 0.2) is 0 Å². The molecule has 2 aliphatic heterocycles. The number of amides is 2. The van der Waals surface area contributed by atoms with Crippen molar-refractivity contribution < 1.29 is 9.59 Å². The van der Waals surface area contributed by atoms with Gasteiger partial charge in [-0.05, 0) is 37.7 Å². The Morgan fingerprint density at radius 1 is 0.714 bits per heavy atom. The molecule has 2 aliphatic rings. The second kappa shape index (κ2) is 12.2. The minimum atomic E-state index is -0.185. The smallest absolute Gasteiger partial charge is 0.261 e. The van der Waals surface area contributed by atoms with Crippen molar-refractivity contribution in [1.82, 2.24) is 9.80 Å². The molecule has 0 aliphatic carbocycles. The van der Waals surface area contributed by atoms with Crippen LogP contribution in [0.3, 0.4) is 0 Å². The maximum absolute atomic E-state index is 13.4. The summed E-state index contributed by atoms with van der Waals surface area (Å²) in [4.78, 5) is 32.9. The lowest BCUT2D eigenvalue weighted by Gasteiger charge is -2.36. The van der Waals surface area contributed by atoms with E-state index in [-0.39, 0.29) is 11.8 Å². The average Bonchev–Trinajstić information content (AvgIpc) is 2.86. The van der Waals surface area contributed by atoms with E-state index in [1.807, 2.05) is 18.2 Å². The number of nitrogens with zero attached hydrogens (tertiary/aromatic N) is 3. The number of halogens is 1. The zero-order chi connectivity index (χ0) is 24.8. The van der Waals surface area contributed by atoms with E-state index in [0.29, 0.717) is 22.7 Å². The average molecular weight is 498 g/mol. The molecule has 190 valence electrons. The molecule has 2 amide bonds. The van der Waals surface area contributed by atoms with Crippen molar-refractivity contribution in [1.29, 1.82) is 0 Å². The Balaban J connectivity index is 1.41. The third kappa shape index (κ3) is 5.83. The molecule has 5 nitrogen and oxygen atoms in total. The molecule has 4 rings (SSSR count). The van der Waals surface area contributed by atoms with Gasteiger partial charge < -0.3 is 9.80 Å². The Kier molecular flexibility index (Phi) is 9.07. The van der Waals surface area contributed by atoms with Crippen LogP contribution in [0.1, 0.15) is 91.8 Å². The van der Waals surface area contributed by atoms with E-state index in [9.17, 15) is 9.59 Å². The minimum absolute atomic E-state index is 0.185. The molecule has 2 heterocycles. The van der Waals surface area contributed by atoms with E-state index < -0.39 is 0 Å². The summed E-state index contributed by atoms with van der Waals surface area (Å²) in [6, 6.07) is 7.53. The van der Waals surface area contributed by atoms with Crippen molar-refractivity contribution in [2.24, 2.45) is 0 Å². The lowest BCUT2D eigenvalue weighted by molar-refractivity contribution is 0.0607. The summed E-state index contributed by atoms with van der Waals surface area (Å²) in [5.41, 5.74) is 2.22. The summed E-state index contributed by atoms with van der Waals surface area (Å²) in [5, 5.41) is 2.16. The Bertz CT molecular complexity index is 1020. The van der Waals surface area contributed by atoms with E-state index in [1.54, 1.807) is 6.07 Å². The summed E-state index contributed by atoms with van der Waals surface area (Å²) in [7, 11) is 2.13. The minimum Gasteiger partial charge on any atom is -0.368 e. The number of imide groups is 1. The molecule has 35 heavy (non-hydrogen) atoms. The predicted molar refractivity (Wildman–Crippen MR) is 146 cm³/mol. The predicted octanol–water partition coefficient (Wildman–Crippen LogP) is 6.76. The van der Waals surface area contributed by atoms with Gasteiger partial charge in [-0.15, -0.1) is 0 Å². The summed E-state index contributed by atoms with van der Waals surface area (Å²) in [6.07, 6.45) is 12.3. The fraction of sp³-hybridized carbons (Fsp3) is 0.586.